The Morgan fingerprint density at radius 2 is 2.05 bits per heavy atom. The zero-order valence-corrected chi connectivity index (χ0v) is 12.5. The summed E-state index contributed by atoms with van der Waals surface area (Å²) in [5.41, 5.74) is 7.95. The van der Waals surface area contributed by atoms with Crippen molar-refractivity contribution in [1.82, 2.24) is 0 Å². The molecule has 0 aliphatic carbocycles. The van der Waals surface area contributed by atoms with Crippen molar-refractivity contribution in [2.75, 3.05) is 19.1 Å². The van der Waals surface area contributed by atoms with Crippen molar-refractivity contribution in [2.45, 2.75) is 0 Å². The van der Waals surface area contributed by atoms with E-state index in [4.69, 9.17) is 27.3 Å². The van der Waals surface area contributed by atoms with Crippen molar-refractivity contribution in [2.24, 2.45) is 10.9 Å². The Balaban J connectivity index is 2.49. The van der Waals surface area contributed by atoms with Crippen LogP contribution in [0.25, 0.3) is 0 Å². The van der Waals surface area contributed by atoms with Gasteiger partial charge >= 0.3 is 0 Å². The summed E-state index contributed by atoms with van der Waals surface area (Å²) in [5, 5.41) is 12.5. The summed E-state index contributed by atoms with van der Waals surface area (Å²) >= 11 is 5.99. The first kappa shape index (κ1) is 15.0. The van der Waals surface area contributed by atoms with Crippen LogP contribution in [-0.4, -0.2) is 25.2 Å². The number of amidine groups is 1. The molecule has 2 rings (SSSR count). The van der Waals surface area contributed by atoms with Crippen molar-refractivity contribution in [3.8, 4) is 5.75 Å². The molecule has 0 heterocycles. The highest BCUT2D eigenvalue weighted by molar-refractivity contribution is 6.31. The van der Waals surface area contributed by atoms with Crippen LogP contribution in [0.1, 0.15) is 5.56 Å². The lowest BCUT2D eigenvalue weighted by molar-refractivity contribution is 0.318. The largest absolute Gasteiger partial charge is 0.497 e. The Hall–Kier alpha value is -2.40. The Kier molecular flexibility index (Phi) is 4.55. The molecule has 0 saturated heterocycles. The maximum absolute atomic E-state index is 8.92. The first-order chi connectivity index (χ1) is 10.1. The van der Waals surface area contributed by atoms with Gasteiger partial charge in [0, 0.05) is 29.4 Å². The molecule has 5 nitrogen and oxygen atoms in total. The fraction of sp³-hybridized carbons (Fsp3) is 0.133. The van der Waals surface area contributed by atoms with Gasteiger partial charge < -0.3 is 20.6 Å². The topological polar surface area (TPSA) is 71.1 Å². The van der Waals surface area contributed by atoms with Gasteiger partial charge in [0.2, 0.25) is 0 Å². The Morgan fingerprint density at radius 1 is 1.29 bits per heavy atom. The molecule has 3 N–H and O–H groups in total. The highest BCUT2D eigenvalue weighted by Crippen LogP contribution is 2.30. The molecule has 0 aliphatic rings. The van der Waals surface area contributed by atoms with E-state index in [1.54, 1.807) is 19.2 Å². The molecular weight excluding hydrogens is 290 g/mol. The van der Waals surface area contributed by atoms with Gasteiger partial charge in [-0.2, -0.15) is 0 Å². The maximum atomic E-state index is 8.92. The number of ether oxygens (including phenoxy) is 1. The van der Waals surface area contributed by atoms with Gasteiger partial charge in [0.25, 0.3) is 0 Å². The molecule has 2 aromatic rings. The third-order valence-electron chi connectivity index (χ3n) is 3.14. The molecule has 6 heteroatoms. The van der Waals surface area contributed by atoms with Crippen LogP contribution in [-0.2, 0) is 0 Å². The molecule has 110 valence electrons. The van der Waals surface area contributed by atoms with E-state index < -0.39 is 0 Å². The highest BCUT2D eigenvalue weighted by Gasteiger charge is 2.13. The summed E-state index contributed by atoms with van der Waals surface area (Å²) in [4.78, 5) is 1.91. The van der Waals surface area contributed by atoms with Gasteiger partial charge in [-0.05, 0) is 30.3 Å². The maximum Gasteiger partial charge on any atom is 0.172 e. The van der Waals surface area contributed by atoms with Crippen LogP contribution >= 0.6 is 11.6 Å². The van der Waals surface area contributed by atoms with E-state index in [1.807, 2.05) is 42.3 Å². The number of methoxy groups -OCH3 is 1. The minimum absolute atomic E-state index is 0.00208. The second-order valence-corrected chi connectivity index (χ2v) is 4.84. The predicted octanol–water partition coefficient (Wildman–Crippen LogP) is 3.21. The second kappa shape index (κ2) is 6.37. The zero-order chi connectivity index (χ0) is 15.4. The zero-order valence-electron chi connectivity index (χ0n) is 11.7. The van der Waals surface area contributed by atoms with Crippen molar-refractivity contribution < 1.29 is 9.94 Å². The summed E-state index contributed by atoms with van der Waals surface area (Å²) in [5.74, 6) is 0.751. The van der Waals surface area contributed by atoms with Gasteiger partial charge in [0.05, 0.1) is 12.8 Å². The van der Waals surface area contributed by atoms with E-state index in [-0.39, 0.29) is 5.84 Å². The number of halogens is 1. The SMILES string of the molecule is COc1cccc(N(C)c2ccc(Cl)cc2C(N)=NO)c1. The first-order valence-electron chi connectivity index (χ1n) is 6.22. The van der Waals surface area contributed by atoms with Crippen LogP contribution < -0.4 is 15.4 Å². The monoisotopic (exact) mass is 305 g/mol. The molecule has 0 fully saturated rings. The molecule has 0 bridgehead atoms. The molecule has 0 spiro atoms. The number of oxime groups is 1. The van der Waals surface area contributed by atoms with Gasteiger partial charge in [-0.25, -0.2) is 0 Å². The molecule has 0 unspecified atom stereocenters. The number of hydrogen-bond acceptors (Lipinski definition) is 4. The van der Waals surface area contributed by atoms with E-state index in [2.05, 4.69) is 5.16 Å². The summed E-state index contributed by atoms with van der Waals surface area (Å²) in [7, 11) is 3.50. The lowest BCUT2D eigenvalue weighted by atomic mass is 10.1. The molecule has 0 atom stereocenters. The fourth-order valence-corrected chi connectivity index (χ4v) is 2.19. The Labute approximate surface area is 128 Å². The van der Waals surface area contributed by atoms with Crippen LogP contribution in [0.4, 0.5) is 11.4 Å². The molecule has 0 saturated carbocycles. The van der Waals surface area contributed by atoms with E-state index in [9.17, 15) is 0 Å². The standard InChI is InChI=1S/C15H16ClN3O2/c1-19(11-4-3-5-12(9-11)21-2)14-7-6-10(16)8-13(14)15(17)18-20/h3-9,20H,1-2H3,(H2,17,18). The summed E-state index contributed by atoms with van der Waals surface area (Å²) in [6.07, 6.45) is 0. The predicted molar refractivity (Wildman–Crippen MR) is 85.0 cm³/mol. The fourth-order valence-electron chi connectivity index (χ4n) is 2.02. The van der Waals surface area contributed by atoms with Crippen LogP contribution in [0.3, 0.4) is 0 Å². The average Bonchev–Trinajstić information content (AvgIpc) is 2.53. The Bertz CT molecular complexity index is 674. The van der Waals surface area contributed by atoms with Gasteiger partial charge in [0.15, 0.2) is 5.84 Å². The summed E-state index contributed by atoms with van der Waals surface area (Å²) < 4.78 is 5.22. The van der Waals surface area contributed by atoms with Gasteiger partial charge in [-0.1, -0.05) is 22.8 Å². The Morgan fingerprint density at radius 3 is 2.71 bits per heavy atom. The van der Waals surface area contributed by atoms with Crippen molar-refractivity contribution in [1.29, 1.82) is 0 Å². The van der Waals surface area contributed by atoms with E-state index in [0.29, 0.717) is 10.6 Å². The first-order valence-corrected chi connectivity index (χ1v) is 6.60. The van der Waals surface area contributed by atoms with E-state index >= 15 is 0 Å². The molecule has 2 aromatic carbocycles. The van der Waals surface area contributed by atoms with Crippen LogP contribution in [0, 0.1) is 0 Å². The molecular formula is C15H16ClN3O2. The van der Waals surface area contributed by atoms with Crippen molar-refractivity contribution >= 4 is 28.8 Å². The number of nitrogens with two attached hydrogens (primary N) is 1. The summed E-state index contributed by atoms with van der Waals surface area (Å²) in [6, 6.07) is 12.8. The third-order valence-corrected chi connectivity index (χ3v) is 3.38. The molecule has 0 amide bonds. The lowest BCUT2D eigenvalue weighted by Gasteiger charge is -2.23. The number of rotatable bonds is 4. The number of anilines is 2. The highest BCUT2D eigenvalue weighted by atomic mass is 35.5. The molecule has 21 heavy (non-hydrogen) atoms. The van der Waals surface area contributed by atoms with Crippen molar-refractivity contribution in [3.05, 3.63) is 53.1 Å². The van der Waals surface area contributed by atoms with Crippen LogP contribution in [0.2, 0.25) is 5.02 Å². The normalized spacial score (nSPS) is 11.3. The van der Waals surface area contributed by atoms with Crippen molar-refractivity contribution in [3.63, 3.8) is 0 Å². The van der Waals surface area contributed by atoms with E-state index in [0.717, 1.165) is 17.1 Å². The minimum atomic E-state index is 0.00208. The summed E-state index contributed by atoms with van der Waals surface area (Å²) in [6.45, 7) is 0. The van der Waals surface area contributed by atoms with Crippen LogP contribution in [0.15, 0.2) is 47.6 Å². The molecule has 0 aromatic heterocycles. The third kappa shape index (κ3) is 3.20. The smallest absolute Gasteiger partial charge is 0.172 e. The van der Waals surface area contributed by atoms with Gasteiger partial charge in [0.1, 0.15) is 5.75 Å². The number of hydrogen-bond donors (Lipinski definition) is 2. The van der Waals surface area contributed by atoms with Gasteiger partial charge in [-0.15, -0.1) is 0 Å². The minimum Gasteiger partial charge on any atom is -0.497 e. The van der Waals surface area contributed by atoms with Gasteiger partial charge in [-0.3, -0.25) is 0 Å². The molecule has 0 radical (unpaired) electrons. The second-order valence-electron chi connectivity index (χ2n) is 4.41. The lowest BCUT2D eigenvalue weighted by Crippen LogP contribution is -2.19. The number of benzene rings is 2. The van der Waals surface area contributed by atoms with E-state index in [1.165, 1.54) is 0 Å². The quantitative estimate of drug-likeness (QED) is 0.394. The average molecular weight is 306 g/mol. The molecule has 0 aliphatic heterocycles. The van der Waals surface area contributed by atoms with Crippen LogP contribution in [0.5, 0.6) is 5.75 Å². The number of nitrogens with zero attached hydrogens (tertiary/aromatic N) is 2.